The zero-order valence-electron chi connectivity index (χ0n) is 16.9. The summed E-state index contributed by atoms with van der Waals surface area (Å²) in [6.07, 6.45) is 1.09. The Morgan fingerprint density at radius 1 is 0.833 bits per heavy atom. The number of carbonyl (C=O) groups excluding carboxylic acids is 1. The maximum atomic E-state index is 12.7. The summed E-state index contributed by atoms with van der Waals surface area (Å²) < 4.78 is 31.5. The highest BCUT2D eigenvalue weighted by molar-refractivity contribution is 7.92. The van der Waals surface area contributed by atoms with Crippen LogP contribution in [0.15, 0.2) is 84.9 Å². The molecule has 3 aromatic carbocycles. The van der Waals surface area contributed by atoms with E-state index in [0.29, 0.717) is 23.7 Å². The monoisotopic (exact) mass is 424 g/mol. The van der Waals surface area contributed by atoms with E-state index >= 15 is 0 Å². The first kappa shape index (κ1) is 21.4. The maximum absolute atomic E-state index is 12.7. The van der Waals surface area contributed by atoms with Crippen molar-refractivity contribution < 1.29 is 17.9 Å². The fourth-order valence-electron chi connectivity index (χ4n) is 2.87. The molecule has 1 amide bonds. The normalized spacial score (nSPS) is 11.0. The summed E-state index contributed by atoms with van der Waals surface area (Å²) in [4.78, 5) is 14.1. The van der Waals surface area contributed by atoms with Gasteiger partial charge in [-0.15, -0.1) is 0 Å². The minimum Gasteiger partial charge on any atom is -0.489 e. The zero-order valence-corrected chi connectivity index (χ0v) is 17.7. The number of para-hydroxylation sites is 1. The number of amides is 1. The zero-order chi connectivity index (χ0) is 21.6. The van der Waals surface area contributed by atoms with Gasteiger partial charge in [-0.05, 0) is 42.0 Å². The molecule has 0 aliphatic heterocycles. The molecule has 156 valence electrons. The molecule has 0 atom stereocenters. The van der Waals surface area contributed by atoms with E-state index in [-0.39, 0.29) is 12.5 Å². The lowest BCUT2D eigenvalue weighted by molar-refractivity contribution is -0.116. The molecular formula is C23H24N2O4S. The molecule has 0 aromatic heterocycles. The van der Waals surface area contributed by atoms with Crippen molar-refractivity contribution in [3.8, 4) is 5.75 Å². The molecule has 0 radical (unpaired) electrons. The van der Waals surface area contributed by atoms with Crippen molar-refractivity contribution in [2.24, 2.45) is 0 Å². The number of likely N-dealkylation sites (N-methyl/N-ethyl adjacent to an activating group) is 1. The standard InChI is InChI=1S/C23H24N2O4S/c1-24(20-11-7-4-8-12-20)23(26)17-25(30(2,27)28)21-13-15-22(16-14-21)29-18-19-9-5-3-6-10-19/h3-16H,17-18H2,1-2H3. The fourth-order valence-corrected chi connectivity index (χ4v) is 3.72. The molecule has 6 nitrogen and oxygen atoms in total. The summed E-state index contributed by atoms with van der Waals surface area (Å²) in [6.45, 7) is 0.116. The molecule has 3 rings (SSSR count). The third kappa shape index (κ3) is 5.61. The third-order valence-corrected chi connectivity index (χ3v) is 5.71. The largest absolute Gasteiger partial charge is 0.489 e. The smallest absolute Gasteiger partial charge is 0.247 e. The van der Waals surface area contributed by atoms with E-state index in [9.17, 15) is 13.2 Å². The molecule has 0 heterocycles. The van der Waals surface area contributed by atoms with Gasteiger partial charge in [-0.25, -0.2) is 8.42 Å². The second kappa shape index (κ2) is 9.45. The second-order valence-electron chi connectivity index (χ2n) is 6.83. The van der Waals surface area contributed by atoms with E-state index in [1.165, 1.54) is 4.90 Å². The summed E-state index contributed by atoms with van der Waals surface area (Å²) in [6, 6.07) is 25.5. The molecule has 0 N–H and O–H groups in total. The molecule has 0 aliphatic carbocycles. The molecule has 0 spiro atoms. The van der Waals surface area contributed by atoms with E-state index in [4.69, 9.17) is 4.74 Å². The van der Waals surface area contributed by atoms with E-state index in [1.54, 1.807) is 43.4 Å². The Labute approximate surface area is 177 Å². The highest BCUT2D eigenvalue weighted by Gasteiger charge is 2.23. The number of anilines is 2. The first-order valence-corrected chi connectivity index (χ1v) is 11.3. The van der Waals surface area contributed by atoms with Crippen molar-refractivity contribution in [3.63, 3.8) is 0 Å². The average molecular weight is 425 g/mol. The Hall–Kier alpha value is -3.32. The van der Waals surface area contributed by atoms with Crippen LogP contribution < -0.4 is 13.9 Å². The molecule has 0 fully saturated rings. The minimum atomic E-state index is -3.65. The van der Waals surface area contributed by atoms with E-state index in [1.807, 2.05) is 48.5 Å². The predicted molar refractivity (Wildman–Crippen MR) is 119 cm³/mol. The van der Waals surface area contributed by atoms with Gasteiger partial charge in [0.1, 0.15) is 18.9 Å². The number of rotatable bonds is 8. The van der Waals surface area contributed by atoms with Gasteiger partial charge in [0.05, 0.1) is 11.9 Å². The summed E-state index contributed by atoms with van der Waals surface area (Å²) in [5.74, 6) is 0.278. The molecule has 30 heavy (non-hydrogen) atoms. The van der Waals surface area contributed by atoms with Crippen molar-refractivity contribution in [1.82, 2.24) is 0 Å². The van der Waals surface area contributed by atoms with Crippen LogP contribution >= 0.6 is 0 Å². The molecule has 7 heteroatoms. The van der Waals surface area contributed by atoms with Crippen LogP contribution in [-0.2, 0) is 21.4 Å². The number of carbonyl (C=O) groups is 1. The van der Waals surface area contributed by atoms with Crippen LogP contribution in [0.5, 0.6) is 5.75 Å². The summed E-state index contributed by atoms with van der Waals surface area (Å²) in [5.41, 5.74) is 2.13. The average Bonchev–Trinajstić information content (AvgIpc) is 2.76. The number of nitrogens with zero attached hydrogens (tertiary/aromatic N) is 2. The van der Waals surface area contributed by atoms with Crippen molar-refractivity contribution in [3.05, 3.63) is 90.5 Å². The molecule has 0 saturated carbocycles. The maximum Gasteiger partial charge on any atom is 0.247 e. The summed E-state index contributed by atoms with van der Waals surface area (Å²) >= 11 is 0. The van der Waals surface area contributed by atoms with Gasteiger partial charge >= 0.3 is 0 Å². The van der Waals surface area contributed by atoms with Crippen LogP contribution in [0.1, 0.15) is 5.56 Å². The van der Waals surface area contributed by atoms with Gasteiger partial charge in [-0.3, -0.25) is 9.10 Å². The highest BCUT2D eigenvalue weighted by Crippen LogP contribution is 2.23. The number of hydrogen-bond acceptors (Lipinski definition) is 4. The lowest BCUT2D eigenvalue weighted by Crippen LogP contribution is -2.41. The molecular weight excluding hydrogens is 400 g/mol. The number of ether oxygens (including phenoxy) is 1. The topological polar surface area (TPSA) is 66.9 Å². The number of benzene rings is 3. The first-order valence-electron chi connectivity index (χ1n) is 9.41. The number of hydrogen-bond donors (Lipinski definition) is 0. The Kier molecular flexibility index (Phi) is 6.74. The van der Waals surface area contributed by atoms with E-state index < -0.39 is 10.0 Å². The van der Waals surface area contributed by atoms with Crippen LogP contribution in [0.4, 0.5) is 11.4 Å². The molecule has 0 saturated heterocycles. The SMILES string of the molecule is CN(C(=O)CN(c1ccc(OCc2ccccc2)cc1)S(C)(=O)=O)c1ccccc1. The van der Waals surface area contributed by atoms with E-state index in [0.717, 1.165) is 16.1 Å². The Balaban J connectivity index is 1.71. The van der Waals surface area contributed by atoms with Crippen LogP contribution in [0, 0.1) is 0 Å². The van der Waals surface area contributed by atoms with Crippen molar-refractivity contribution in [2.45, 2.75) is 6.61 Å². The minimum absolute atomic E-state index is 0.297. The fraction of sp³-hybridized carbons (Fsp3) is 0.174. The highest BCUT2D eigenvalue weighted by atomic mass is 32.2. The Morgan fingerprint density at radius 2 is 1.40 bits per heavy atom. The van der Waals surface area contributed by atoms with Gasteiger partial charge in [-0.1, -0.05) is 48.5 Å². The first-order chi connectivity index (χ1) is 14.3. The van der Waals surface area contributed by atoms with Crippen LogP contribution in [0.25, 0.3) is 0 Å². The predicted octanol–water partition coefficient (Wildman–Crippen LogP) is 3.69. The van der Waals surface area contributed by atoms with Gasteiger partial charge in [-0.2, -0.15) is 0 Å². The summed E-state index contributed by atoms with van der Waals surface area (Å²) in [5, 5.41) is 0. The third-order valence-electron chi connectivity index (χ3n) is 4.57. The van der Waals surface area contributed by atoms with Crippen molar-refractivity contribution in [2.75, 3.05) is 29.1 Å². The second-order valence-corrected chi connectivity index (χ2v) is 8.73. The van der Waals surface area contributed by atoms with Crippen molar-refractivity contribution >= 4 is 27.3 Å². The Morgan fingerprint density at radius 3 is 1.97 bits per heavy atom. The van der Waals surface area contributed by atoms with Gasteiger partial charge in [0.15, 0.2) is 0 Å². The van der Waals surface area contributed by atoms with Crippen LogP contribution in [-0.4, -0.2) is 34.2 Å². The lowest BCUT2D eigenvalue weighted by atomic mass is 10.2. The number of sulfonamides is 1. The van der Waals surface area contributed by atoms with Crippen LogP contribution in [0.2, 0.25) is 0 Å². The van der Waals surface area contributed by atoms with Crippen molar-refractivity contribution in [1.29, 1.82) is 0 Å². The van der Waals surface area contributed by atoms with Gasteiger partial charge in [0, 0.05) is 12.7 Å². The van der Waals surface area contributed by atoms with Gasteiger partial charge < -0.3 is 9.64 Å². The Bertz CT molecular complexity index is 1070. The molecule has 3 aromatic rings. The van der Waals surface area contributed by atoms with E-state index in [2.05, 4.69) is 0 Å². The van der Waals surface area contributed by atoms with Gasteiger partial charge in [0.25, 0.3) is 0 Å². The molecule has 0 aliphatic rings. The van der Waals surface area contributed by atoms with Crippen LogP contribution in [0.3, 0.4) is 0 Å². The quantitative estimate of drug-likeness (QED) is 0.553. The molecule has 0 unspecified atom stereocenters. The lowest BCUT2D eigenvalue weighted by Gasteiger charge is -2.25. The van der Waals surface area contributed by atoms with Gasteiger partial charge in [0.2, 0.25) is 15.9 Å². The summed E-state index contributed by atoms with van der Waals surface area (Å²) in [7, 11) is -2.03. The molecule has 0 bridgehead atoms.